The van der Waals surface area contributed by atoms with Crippen molar-refractivity contribution in [2.45, 2.75) is 0 Å². The van der Waals surface area contributed by atoms with E-state index < -0.39 is 144 Å². The van der Waals surface area contributed by atoms with Crippen LogP contribution in [0.3, 0.4) is 0 Å². The summed E-state index contributed by atoms with van der Waals surface area (Å²) in [5, 5.41) is 8.85. The van der Waals surface area contributed by atoms with Gasteiger partial charge in [-0.3, -0.25) is 0 Å². The summed E-state index contributed by atoms with van der Waals surface area (Å²) < 4.78 is 294. The zero-order valence-electron chi connectivity index (χ0n) is 24.7. The van der Waals surface area contributed by atoms with E-state index in [0.29, 0.717) is 10.7 Å². The summed E-state index contributed by atoms with van der Waals surface area (Å²) >= 11 is 5.55. The Bertz CT molecular complexity index is 2030. The second kappa shape index (κ2) is 14.7. The molecule has 5 rings (SSSR count). The first-order chi connectivity index (χ1) is 25.0. The van der Waals surface area contributed by atoms with Gasteiger partial charge in [0.05, 0.1) is 0 Å². The number of hydrogen-bond acceptors (Lipinski definition) is 1. The van der Waals surface area contributed by atoms with Crippen molar-refractivity contribution >= 4 is 45.3 Å². The van der Waals surface area contributed by atoms with Gasteiger partial charge in [-0.15, -0.1) is 21.9 Å². The van der Waals surface area contributed by atoms with Gasteiger partial charge in [0.1, 0.15) is 52.7 Å². The second-order valence-electron chi connectivity index (χ2n) is 10.4. The van der Waals surface area contributed by atoms with Crippen LogP contribution in [-0.4, -0.2) is 6.15 Å². The Morgan fingerprint density at radius 2 is 0.481 bits per heavy atom. The molecule has 0 saturated carbocycles. The topological polar surface area (TPSA) is 28.1 Å². The number of halogens is 21. The number of benzene rings is 5. The third-order valence-electron chi connectivity index (χ3n) is 7.65. The van der Waals surface area contributed by atoms with Gasteiger partial charge in [0.25, 0.3) is 0 Å². The molecule has 0 bridgehead atoms. The average Bonchev–Trinajstić information content (AvgIpc) is 3.15. The fourth-order valence-electron chi connectivity index (χ4n) is 5.38. The zero-order chi connectivity index (χ0) is 41.0. The van der Waals surface area contributed by atoms with Gasteiger partial charge in [-0.25, -0.2) is 87.8 Å². The minimum atomic E-state index is -7.22. The van der Waals surface area contributed by atoms with Crippen LogP contribution in [0.15, 0.2) is 24.3 Å². The molecule has 0 aliphatic carbocycles. The summed E-state index contributed by atoms with van der Waals surface area (Å²) in [6, 6.07) is 6.58. The lowest BCUT2D eigenvalue weighted by Crippen LogP contribution is -2.81. The van der Waals surface area contributed by atoms with Crippen molar-refractivity contribution < 1.29 is 87.8 Å². The minimum absolute atomic E-state index is 0.513. The normalized spacial score (nSPS) is 11.4. The predicted octanol–water partition coefficient (Wildman–Crippen LogP) is 8.67. The van der Waals surface area contributed by atoms with Crippen molar-refractivity contribution in [1.82, 2.24) is 0 Å². The van der Waals surface area contributed by atoms with E-state index in [1.807, 2.05) is 0 Å². The summed E-state index contributed by atoms with van der Waals surface area (Å²) in [6.45, 7) is 0. The quantitative estimate of drug-likeness (QED) is 0.0587. The molecule has 0 fully saturated rings. The predicted molar refractivity (Wildman–Crippen MR) is 145 cm³/mol. The Morgan fingerprint density at radius 3 is 0.648 bits per heavy atom. The molecule has 2 nitrogen and oxygen atoms in total. The Balaban J connectivity index is 0.000000631. The molecule has 5 aromatic carbocycles. The van der Waals surface area contributed by atoms with Gasteiger partial charge in [0.2, 0.25) is 5.39 Å². The SMILES string of the molecule is Fc1c(F)c(F)c([B-](c2c(F)c(F)c(F)c(F)c2F)(c2c(F)c(F)c(F)c(F)c2F)c2c(F)c(F)c(F)c(F)c2F)c(F)c1F.N#[N+]c1ccc(Cl)cc1. The van der Waals surface area contributed by atoms with Crippen LogP contribution in [0.2, 0.25) is 5.02 Å². The van der Waals surface area contributed by atoms with Crippen LogP contribution in [0.4, 0.5) is 93.5 Å². The highest BCUT2D eigenvalue weighted by atomic mass is 35.5. The molecule has 0 radical (unpaired) electrons. The fourth-order valence-corrected chi connectivity index (χ4v) is 5.51. The van der Waals surface area contributed by atoms with Gasteiger partial charge in [-0.1, -0.05) is 11.6 Å². The van der Waals surface area contributed by atoms with Crippen molar-refractivity contribution in [2.24, 2.45) is 0 Å². The molecule has 54 heavy (non-hydrogen) atoms. The Hall–Kier alpha value is -5.53. The molecule has 0 atom stereocenters. The van der Waals surface area contributed by atoms with E-state index in [2.05, 4.69) is 4.98 Å². The molecular weight excluding hydrogens is 815 g/mol. The Labute approximate surface area is 289 Å². The maximum atomic E-state index is 15.4. The van der Waals surface area contributed by atoms with Gasteiger partial charge in [-0.2, -0.15) is 0 Å². The number of hydrogen-bond donors (Lipinski definition) is 0. The molecule has 0 unspecified atom stereocenters. The standard InChI is InChI=1S/C24BF20.C6H4ClN2/c26-5-1(6(27)14(35)21(42)13(5)34)25(2-7(28)15(36)22(43)16(37)8(2)29,3-9(30)17(38)23(44)18(39)10(3)31)4-11(32)19(40)24(45)20(41)12(4)33;7-5-1-3-6(9-8)4-2-5/h;1-4H/q-1;+1. The highest BCUT2D eigenvalue weighted by Crippen LogP contribution is 2.30. The summed E-state index contributed by atoms with van der Waals surface area (Å²) in [7, 11) is 0. The molecule has 0 aliphatic rings. The smallest absolute Gasteiger partial charge is 0.207 e. The monoisotopic (exact) mass is 818 g/mol. The van der Waals surface area contributed by atoms with E-state index in [0.717, 1.165) is 0 Å². The molecule has 0 aliphatic heterocycles. The molecule has 0 heterocycles. The molecule has 24 heteroatoms. The Morgan fingerprint density at radius 1 is 0.315 bits per heavy atom. The number of diazo groups is 1. The zero-order valence-corrected chi connectivity index (χ0v) is 25.5. The van der Waals surface area contributed by atoms with Crippen LogP contribution in [-0.2, 0) is 0 Å². The van der Waals surface area contributed by atoms with E-state index in [9.17, 15) is 52.7 Å². The lowest BCUT2D eigenvalue weighted by Gasteiger charge is -2.44. The maximum Gasteiger partial charge on any atom is 0.385 e. The van der Waals surface area contributed by atoms with Crippen LogP contribution in [0.25, 0.3) is 4.98 Å². The van der Waals surface area contributed by atoms with Gasteiger partial charge in [-0.05, 0) is 12.1 Å². The van der Waals surface area contributed by atoms with Crippen molar-refractivity contribution in [3.05, 3.63) is 151 Å². The molecule has 5 aromatic rings. The molecule has 284 valence electrons. The van der Waals surface area contributed by atoms with Crippen molar-refractivity contribution in [3.63, 3.8) is 0 Å². The van der Waals surface area contributed by atoms with Crippen molar-refractivity contribution in [3.8, 4) is 0 Å². The number of rotatable bonds is 4. The Kier molecular flexibility index (Phi) is 11.2. The van der Waals surface area contributed by atoms with E-state index in [1.165, 1.54) is 0 Å². The molecule has 0 N–H and O–H groups in total. The van der Waals surface area contributed by atoms with Crippen LogP contribution in [0.5, 0.6) is 0 Å². The minimum Gasteiger partial charge on any atom is -0.207 e. The van der Waals surface area contributed by atoms with Gasteiger partial charge in [0, 0.05) is 17.2 Å². The van der Waals surface area contributed by atoms with Crippen LogP contribution >= 0.6 is 11.6 Å². The van der Waals surface area contributed by atoms with Crippen molar-refractivity contribution in [1.29, 1.82) is 5.39 Å². The van der Waals surface area contributed by atoms with Crippen LogP contribution < -0.4 is 21.9 Å². The highest BCUT2D eigenvalue weighted by molar-refractivity contribution is 7.20. The summed E-state index contributed by atoms with van der Waals surface area (Å²) in [4.78, 5) is 2.95. The van der Waals surface area contributed by atoms with E-state index in [4.69, 9.17) is 17.0 Å². The lowest BCUT2D eigenvalue weighted by molar-refractivity contribution is 0.378. The molecule has 0 spiro atoms. The molecule has 0 saturated heterocycles. The van der Waals surface area contributed by atoms with E-state index in [-0.39, 0.29) is 0 Å². The van der Waals surface area contributed by atoms with Gasteiger partial charge < -0.3 is 0 Å². The molecular formula is C30H4BClF20N2. The fraction of sp³-hybridized carbons (Fsp3) is 0. The van der Waals surface area contributed by atoms with E-state index in [1.54, 1.807) is 24.3 Å². The lowest BCUT2D eigenvalue weighted by atomic mass is 9.12. The average molecular weight is 819 g/mol. The summed E-state index contributed by atoms with van der Waals surface area (Å²) in [5.74, 6) is -71.4. The first kappa shape index (κ1) is 41.2. The van der Waals surface area contributed by atoms with E-state index >= 15 is 35.1 Å². The van der Waals surface area contributed by atoms with Crippen LogP contribution in [0, 0.1) is 122 Å². The van der Waals surface area contributed by atoms with Gasteiger partial charge >= 0.3 is 5.69 Å². The third kappa shape index (κ3) is 6.01. The maximum absolute atomic E-state index is 15.4. The summed E-state index contributed by atoms with van der Waals surface area (Å²) in [5.41, 5.74) is -13.8. The second-order valence-corrected chi connectivity index (χ2v) is 10.8. The largest absolute Gasteiger partial charge is 0.385 e. The highest BCUT2D eigenvalue weighted by Gasteiger charge is 2.52. The first-order valence-electron chi connectivity index (χ1n) is 13.4. The van der Waals surface area contributed by atoms with Crippen molar-refractivity contribution in [2.75, 3.05) is 0 Å². The van der Waals surface area contributed by atoms with Gasteiger partial charge in [0.15, 0.2) is 74.8 Å². The third-order valence-corrected chi connectivity index (χ3v) is 7.90. The number of nitrogens with zero attached hydrogens (tertiary/aromatic N) is 2. The van der Waals surface area contributed by atoms with Crippen LogP contribution in [0.1, 0.15) is 0 Å². The molecule has 0 aromatic heterocycles. The summed E-state index contributed by atoms with van der Waals surface area (Å²) in [6.07, 6.45) is -7.22. The molecule has 0 amide bonds. The first-order valence-corrected chi connectivity index (χ1v) is 13.7.